The van der Waals surface area contributed by atoms with Crippen LogP contribution in [0.25, 0.3) is 0 Å². The van der Waals surface area contributed by atoms with Crippen molar-refractivity contribution in [3.63, 3.8) is 0 Å². The van der Waals surface area contributed by atoms with Gasteiger partial charge in [0.25, 0.3) is 5.91 Å². The van der Waals surface area contributed by atoms with Gasteiger partial charge in [0.1, 0.15) is 6.10 Å². The summed E-state index contributed by atoms with van der Waals surface area (Å²) in [5.74, 6) is -4.63. The number of hydrogen-bond donors (Lipinski definition) is 3. The molecule has 1 aromatic heterocycles. The minimum atomic E-state index is -5.08. The van der Waals surface area contributed by atoms with Gasteiger partial charge in [-0.15, -0.1) is 0 Å². The number of aliphatic carboxylic acids is 2. The highest BCUT2D eigenvalue weighted by Crippen LogP contribution is 2.36. The molecular formula is C21H25F6N3O6. The van der Waals surface area contributed by atoms with Crippen LogP contribution in [0.5, 0.6) is 0 Å². The minimum Gasteiger partial charge on any atom is -0.475 e. The SMILES string of the molecule is O=C(Nc1cccnc1)[C@@H]1CC[C@@H]2[C@@H](CCN2CC2CC2)O1.O=C(O)C(F)(F)F.O=C(O)C(F)(F)F. The van der Waals surface area contributed by atoms with E-state index in [0.717, 1.165) is 37.4 Å². The molecule has 3 N–H and O–H groups in total. The van der Waals surface area contributed by atoms with Crippen molar-refractivity contribution in [2.45, 2.75) is 62.7 Å². The summed E-state index contributed by atoms with van der Waals surface area (Å²) in [5.41, 5.74) is 0.736. The zero-order valence-electron chi connectivity index (χ0n) is 18.8. The maximum Gasteiger partial charge on any atom is 0.490 e. The lowest BCUT2D eigenvalue weighted by atomic mass is 9.98. The number of nitrogens with one attached hydrogen (secondary N) is 1. The Morgan fingerprint density at radius 2 is 1.58 bits per heavy atom. The first kappa shape index (κ1) is 29.3. The minimum absolute atomic E-state index is 0.0351. The van der Waals surface area contributed by atoms with Crippen LogP contribution in [0.15, 0.2) is 24.5 Å². The molecule has 0 bridgehead atoms. The van der Waals surface area contributed by atoms with Gasteiger partial charge in [-0.3, -0.25) is 14.7 Å². The van der Waals surface area contributed by atoms with Crippen LogP contribution >= 0.6 is 0 Å². The van der Waals surface area contributed by atoms with E-state index < -0.39 is 24.3 Å². The summed E-state index contributed by atoms with van der Waals surface area (Å²) in [6.07, 6.45) is -1.15. The second-order valence-electron chi connectivity index (χ2n) is 8.37. The molecule has 1 amide bonds. The number of anilines is 1. The molecule has 3 heterocycles. The van der Waals surface area contributed by atoms with Crippen molar-refractivity contribution in [2.75, 3.05) is 18.4 Å². The third-order valence-corrected chi connectivity index (χ3v) is 5.56. The average molecular weight is 529 g/mol. The molecule has 3 atom stereocenters. The van der Waals surface area contributed by atoms with Crippen molar-refractivity contribution in [3.05, 3.63) is 24.5 Å². The maximum absolute atomic E-state index is 12.3. The quantitative estimate of drug-likeness (QED) is 0.507. The van der Waals surface area contributed by atoms with Gasteiger partial charge in [0.2, 0.25) is 0 Å². The lowest BCUT2D eigenvalue weighted by Crippen LogP contribution is -2.46. The Balaban J connectivity index is 0.000000271. The van der Waals surface area contributed by atoms with Crippen molar-refractivity contribution in [1.82, 2.24) is 9.88 Å². The fourth-order valence-corrected chi connectivity index (χ4v) is 3.73. The number of carboxylic acid groups (broad SMARTS) is 2. The molecule has 36 heavy (non-hydrogen) atoms. The lowest BCUT2D eigenvalue weighted by Gasteiger charge is -2.35. The van der Waals surface area contributed by atoms with Gasteiger partial charge >= 0.3 is 24.3 Å². The molecular weight excluding hydrogens is 504 g/mol. The number of likely N-dealkylation sites (tertiary alicyclic amines) is 1. The predicted molar refractivity (Wildman–Crippen MR) is 111 cm³/mol. The van der Waals surface area contributed by atoms with E-state index in [1.165, 1.54) is 19.4 Å². The van der Waals surface area contributed by atoms with Crippen molar-refractivity contribution >= 4 is 23.5 Å². The van der Waals surface area contributed by atoms with E-state index in [2.05, 4.69) is 15.2 Å². The first-order valence-electron chi connectivity index (χ1n) is 10.9. The number of amides is 1. The normalized spacial score (nSPS) is 23.8. The van der Waals surface area contributed by atoms with Crippen molar-refractivity contribution < 1.29 is 55.7 Å². The Bertz CT molecular complexity index is 870. The lowest BCUT2D eigenvalue weighted by molar-refractivity contribution is -0.193. The third-order valence-electron chi connectivity index (χ3n) is 5.56. The molecule has 0 spiro atoms. The molecule has 0 unspecified atom stereocenters. The van der Waals surface area contributed by atoms with Crippen molar-refractivity contribution in [1.29, 1.82) is 0 Å². The van der Waals surface area contributed by atoms with Crippen molar-refractivity contribution in [3.8, 4) is 0 Å². The van der Waals surface area contributed by atoms with Gasteiger partial charge in [-0.1, -0.05) is 0 Å². The monoisotopic (exact) mass is 529 g/mol. The van der Waals surface area contributed by atoms with Crippen molar-refractivity contribution in [2.24, 2.45) is 5.92 Å². The molecule has 2 aliphatic heterocycles. The van der Waals surface area contributed by atoms with E-state index in [-0.39, 0.29) is 18.1 Å². The van der Waals surface area contributed by atoms with E-state index in [0.29, 0.717) is 6.04 Å². The molecule has 202 valence electrons. The zero-order chi connectivity index (χ0) is 27.1. The van der Waals surface area contributed by atoms with Gasteiger partial charge < -0.3 is 20.3 Å². The predicted octanol–water partition coefficient (Wildman–Crippen LogP) is 3.32. The first-order chi connectivity index (χ1) is 16.7. The number of aromatic nitrogens is 1. The van der Waals surface area contributed by atoms with Crippen LogP contribution in [0.3, 0.4) is 0 Å². The van der Waals surface area contributed by atoms with E-state index in [9.17, 15) is 31.1 Å². The van der Waals surface area contributed by atoms with Crippen LogP contribution in [0, 0.1) is 5.92 Å². The van der Waals surface area contributed by atoms with Crippen LogP contribution in [-0.4, -0.2) is 81.6 Å². The standard InChI is InChI=1S/C17H23N3O2.2C2HF3O2/c21-17(19-13-2-1-8-18-10-13)16-6-5-14-15(22-16)7-9-20(14)11-12-3-4-12;2*3-2(4,5)1(6)7/h1-2,8,10,12,14-16H,3-7,9,11H2,(H,19,21);2*(H,6,7)/t14-,15-,16+;;/m1../s1. The van der Waals surface area contributed by atoms with E-state index in [4.69, 9.17) is 24.5 Å². The molecule has 1 aliphatic carbocycles. The Labute approximate surface area is 201 Å². The molecule has 2 saturated heterocycles. The smallest absolute Gasteiger partial charge is 0.475 e. The van der Waals surface area contributed by atoms with Gasteiger partial charge in [0.15, 0.2) is 0 Å². The molecule has 0 aromatic carbocycles. The van der Waals surface area contributed by atoms with E-state index >= 15 is 0 Å². The molecule has 1 aromatic rings. The van der Waals surface area contributed by atoms with Gasteiger partial charge in [-0.25, -0.2) is 9.59 Å². The number of carbonyl (C=O) groups is 3. The Morgan fingerprint density at radius 3 is 2.06 bits per heavy atom. The van der Waals surface area contributed by atoms with Gasteiger partial charge in [-0.05, 0) is 50.2 Å². The molecule has 3 aliphatic rings. The molecule has 15 heteroatoms. The Kier molecular flexibility index (Phi) is 10.0. The van der Waals surface area contributed by atoms with Crippen LogP contribution < -0.4 is 5.32 Å². The first-order valence-corrected chi connectivity index (χ1v) is 10.9. The number of carboxylic acids is 2. The fourth-order valence-electron chi connectivity index (χ4n) is 3.73. The number of hydrogen-bond acceptors (Lipinski definition) is 6. The summed E-state index contributed by atoms with van der Waals surface area (Å²) in [5, 5.41) is 17.2. The summed E-state index contributed by atoms with van der Waals surface area (Å²) in [4.78, 5) is 36.8. The number of nitrogens with zero attached hydrogens (tertiary/aromatic N) is 2. The number of alkyl halides is 6. The summed E-state index contributed by atoms with van der Waals surface area (Å²) in [6, 6.07) is 4.20. The highest BCUT2D eigenvalue weighted by Gasteiger charge is 2.43. The fraction of sp³-hybridized carbons (Fsp3) is 0.619. The molecule has 1 saturated carbocycles. The highest BCUT2D eigenvalue weighted by molar-refractivity contribution is 5.94. The highest BCUT2D eigenvalue weighted by atomic mass is 19.4. The number of halogens is 6. The van der Waals surface area contributed by atoms with E-state index in [1.54, 1.807) is 12.4 Å². The molecule has 4 rings (SSSR count). The van der Waals surface area contributed by atoms with Crippen LogP contribution in [0.2, 0.25) is 0 Å². The van der Waals surface area contributed by atoms with Gasteiger partial charge in [0, 0.05) is 25.3 Å². The van der Waals surface area contributed by atoms with Crippen LogP contribution in [-0.2, 0) is 19.1 Å². The Morgan fingerprint density at radius 1 is 1.00 bits per heavy atom. The van der Waals surface area contributed by atoms with Crippen LogP contribution in [0.1, 0.15) is 32.1 Å². The summed E-state index contributed by atoms with van der Waals surface area (Å²) >= 11 is 0. The summed E-state index contributed by atoms with van der Waals surface area (Å²) in [7, 11) is 0. The average Bonchev–Trinajstić information content (AvgIpc) is 3.52. The van der Waals surface area contributed by atoms with Crippen LogP contribution in [0.4, 0.5) is 32.0 Å². The number of pyridine rings is 1. The Hall–Kier alpha value is -2.94. The zero-order valence-corrected chi connectivity index (χ0v) is 18.8. The second-order valence-corrected chi connectivity index (χ2v) is 8.37. The molecule has 0 radical (unpaired) electrons. The number of rotatable bonds is 4. The molecule has 9 nitrogen and oxygen atoms in total. The van der Waals surface area contributed by atoms with Gasteiger partial charge in [0.05, 0.1) is 18.0 Å². The summed E-state index contributed by atoms with van der Waals surface area (Å²) < 4.78 is 69.6. The largest absolute Gasteiger partial charge is 0.490 e. The maximum atomic E-state index is 12.3. The summed E-state index contributed by atoms with van der Waals surface area (Å²) in [6.45, 7) is 2.36. The van der Waals surface area contributed by atoms with Gasteiger partial charge in [-0.2, -0.15) is 26.3 Å². The number of fused-ring (bicyclic) bond motifs is 1. The topological polar surface area (TPSA) is 129 Å². The van der Waals surface area contributed by atoms with E-state index in [1.807, 2.05) is 12.1 Å². The number of carbonyl (C=O) groups excluding carboxylic acids is 1. The number of ether oxygens (including phenoxy) is 1. The second kappa shape index (κ2) is 12.3. The molecule has 3 fully saturated rings. The third kappa shape index (κ3) is 9.60.